The highest BCUT2D eigenvalue weighted by Gasteiger charge is 2.36. The lowest BCUT2D eigenvalue weighted by atomic mass is 9.76. The molecule has 0 radical (unpaired) electrons. The fraction of sp³-hybridized carbons (Fsp3) is 0.220. The molecule has 0 heterocycles. The normalized spacial score (nSPS) is 13.0. The van der Waals surface area contributed by atoms with Crippen molar-refractivity contribution in [2.24, 2.45) is 5.73 Å². The minimum Gasteiger partial charge on any atom is -0.449 e. The highest BCUT2D eigenvalue weighted by atomic mass is 16.5. The molecule has 238 valence electrons. The van der Waals surface area contributed by atoms with Gasteiger partial charge in [-0.3, -0.25) is 10.1 Å². The summed E-state index contributed by atoms with van der Waals surface area (Å²) in [5.41, 5.74) is 14.4. The highest BCUT2D eigenvalue weighted by Crippen LogP contribution is 2.44. The first kappa shape index (κ1) is 31.8. The number of fused-ring (bicyclic) bond motifs is 3. The van der Waals surface area contributed by atoms with Crippen LogP contribution in [0.2, 0.25) is 0 Å². The minimum absolute atomic E-state index is 0.0609. The van der Waals surface area contributed by atoms with Crippen molar-refractivity contribution < 1.29 is 14.3 Å². The minimum atomic E-state index is -0.823. The van der Waals surface area contributed by atoms with Crippen LogP contribution in [0.4, 0.5) is 4.79 Å². The van der Waals surface area contributed by atoms with E-state index in [0.29, 0.717) is 19.4 Å². The van der Waals surface area contributed by atoms with Gasteiger partial charge in [-0.25, -0.2) is 4.79 Å². The number of ether oxygens (including phenoxy) is 1. The van der Waals surface area contributed by atoms with Crippen LogP contribution in [0.25, 0.3) is 11.1 Å². The first-order valence-corrected chi connectivity index (χ1v) is 16.3. The number of nitrogens with one attached hydrogen (secondary N) is 2. The standard InChI is InChI=1S/C41H41N3O3/c1-29-23-25-32(26-24-29)41(30-14-4-2-5-15-30,31-16-6-3-7-17-31)43-27-13-12-22-38(39(42)45)44-40(46)47-28-37-35-20-10-8-18-33(35)34-19-9-11-21-36(34)37/h2-11,14-21,23-26,37-38,43H,12-13,22,27-28H2,1H3,(H2,42,45)(H,44,46)/t38-/m0/s1. The van der Waals surface area contributed by atoms with E-state index in [1.165, 1.54) is 5.56 Å². The zero-order chi connectivity index (χ0) is 32.6. The van der Waals surface area contributed by atoms with Crippen molar-refractivity contribution in [1.29, 1.82) is 0 Å². The van der Waals surface area contributed by atoms with Crippen LogP contribution in [-0.2, 0) is 15.1 Å². The highest BCUT2D eigenvalue weighted by molar-refractivity contribution is 5.84. The Hall–Kier alpha value is -5.20. The van der Waals surface area contributed by atoms with Crippen LogP contribution in [-0.4, -0.2) is 31.2 Å². The van der Waals surface area contributed by atoms with Crippen molar-refractivity contribution in [1.82, 2.24) is 10.6 Å². The van der Waals surface area contributed by atoms with Gasteiger partial charge in [-0.2, -0.15) is 0 Å². The topological polar surface area (TPSA) is 93.4 Å². The van der Waals surface area contributed by atoms with E-state index < -0.39 is 23.6 Å². The number of carbonyl (C=O) groups is 2. The van der Waals surface area contributed by atoms with Crippen LogP contribution in [0.15, 0.2) is 133 Å². The predicted molar refractivity (Wildman–Crippen MR) is 187 cm³/mol. The van der Waals surface area contributed by atoms with Gasteiger partial charge in [0.1, 0.15) is 12.6 Å². The Morgan fingerprint density at radius 1 is 0.702 bits per heavy atom. The van der Waals surface area contributed by atoms with Gasteiger partial charge < -0.3 is 15.8 Å². The maximum atomic E-state index is 12.9. The zero-order valence-corrected chi connectivity index (χ0v) is 26.7. The molecule has 5 aromatic carbocycles. The summed E-state index contributed by atoms with van der Waals surface area (Å²) in [4.78, 5) is 25.3. The average Bonchev–Trinajstić information content (AvgIpc) is 3.43. The summed E-state index contributed by atoms with van der Waals surface area (Å²) in [6.45, 7) is 2.94. The average molecular weight is 624 g/mol. The molecule has 6 heteroatoms. The first-order chi connectivity index (χ1) is 23.0. The van der Waals surface area contributed by atoms with Gasteiger partial charge in [0.05, 0.1) is 5.54 Å². The van der Waals surface area contributed by atoms with Crippen LogP contribution >= 0.6 is 0 Å². The van der Waals surface area contributed by atoms with Crippen LogP contribution in [0, 0.1) is 6.92 Å². The lowest BCUT2D eigenvalue weighted by molar-refractivity contribution is -0.120. The van der Waals surface area contributed by atoms with Crippen LogP contribution < -0.4 is 16.4 Å². The number of rotatable bonds is 13. The molecule has 0 bridgehead atoms. The second-order valence-electron chi connectivity index (χ2n) is 12.2. The third kappa shape index (κ3) is 6.83. The van der Waals surface area contributed by atoms with Crippen molar-refractivity contribution >= 4 is 12.0 Å². The Morgan fingerprint density at radius 3 is 1.77 bits per heavy atom. The molecule has 1 atom stereocenters. The van der Waals surface area contributed by atoms with Crippen LogP contribution in [0.5, 0.6) is 0 Å². The number of nitrogens with two attached hydrogens (primary N) is 1. The number of carbonyl (C=O) groups excluding carboxylic acids is 2. The maximum absolute atomic E-state index is 12.9. The summed E-state index contributed by atoms with van der Waals surface area (Å²) in [7, 11) is 0. The lowest BCUT2D eigenvalue weighted by Gasteiger charge is -2.37. The van der Waals surface area contributed by atoms with Gasteiger partial charge in [-0.05, 0) is 71.7 Å². The number of aryl methyl sites for hydroxylation is 1. The Labute approximate surface area is 277 Å². The Bertz CT molecular complexity index is 1720. The van der Waals surface area contributed by atoms with E-state index in [-0.39, 0.29) is 12.5 Å². The molecule has 2 amide bonds. The molecular formula is C41H41N3O3. The van der Waals surface area contributed by atoms with Crippen molar-refractivity contribution in [2.45, 2.75) is 43.7 Å². The zero-order valence-electron chi connectivity index (χ0n) is 26.7. The van der Waals surface area contributed by atoms with Crippen molar-refractivity contribution in [3.63, 3.8) is 0 Å². The number of benzene rings is 5. The smallest absolute Gasteiger partial charge is 0.407 e. The molecule has 0 fully saturated rings. The molecule has 5 aromatic rings. The molecule has 0 aliphatic heterocycles. The van der Waals surface area contributed by atoms with Crippen LogP contribution in [0.1, 0.15) is 58.6 Å². The molecule has 0 unspecified atom stereocenters. The molecule has 1 aliphatic carbocycles. The van der Waals surface area contributed by atoms with Crippen LogP contribution in [0.3, 0.4) is 0 Å². The summed E-state index contributed by atoms with van der Waals surface area (Å²) in [5.74, 6) is -0.636. The SMILES string of the molecule is Cc1ccc(C(NCCCC[C@H](NC(=O)OCC2c3ccccc3-c3ccccc32)C(N)=O)(c2ccccc2)c2ccccc2)cc1. The third-order valence-corrected chi connectivity index (χ3v) is 9.19. The van der Waals surface area contributed by atoms with E-state index in [0.717, 1.165) is 45.4 Å². The second-order valence-corrected chi connectivity index (χ2v) is 12.2. The fourth-order valence-electron chi connectivity index (χ4n) is 6.80. The quantitative estimate of drug-likeness (QED) is 0.0939. The van der Waals surface area contributed by atoms with Gasteiger partial charge in [0.2, 0.25) is 5.91 Å². The monoisotopic (exact) mass is 623 g/mol. The number of alkyl carbamates (subject to hydrolysis) is 1. The number of hydrogen-bond donors (Lipinski definition) is 3. The molecule has 4 N–H and O–H groups in total. The molecule has 47 heavy (non-hydrogen) atoms. The summed E-state index contributed by atoms with van der Waals surface area (Å²) in [5, 5.41) is 6.61. The van der Waals surface area contributed by atoms with E-state index in [9.17, 15) is 9.59 Å². The van der Waals surface area contributed by atoms with E-state index in [4.69, 9.17) is 10.5 Å². The van der Waals surface area contributed by atoms with E-state index in [1.54, 1.807) is 0 Å². The summed E-state index contributed by atoms with van der Waals surface area (Å²) < 4.78 is 5.68. The summed E-state index contributed by atoms with van der Waals surface area (Å²) >= 11 is 0. The van der Waals surface area contributed by atoms with Gasteiger partial charge in [0.15, 0.2) is 0 Å². The van der Waals surface area contributed by atoms with Crippen molar-refractivity contribution in [3.8, 4) is 11.1 Å². The molecular weight excluding hydrogens is 582 g/mol. The summed E-state index contributed by atoms with van der Waals surface area (Å²) in [6.07, 6.45) is 1.22. The second kappa shape index (κ2) is 14.5. The van der Waals surface area contributed by atoms with Gasteiger partial charge >= 0.3 is 6.09 Å². The Morgan fingerprint density at radius 2 is 1.21 bits per heavy atom. The van der Waals surface area contributed by atoms with Gasteiger partial charge in [-0.15, -0.1) is 0 Å². The molecule has 0 saturated carbocycles. The molecule has 1 aliphatic rings. The molecule has 0 saturated heterocycles. The molecule has 0 aromatic heterocycles. The van der Waals surface area contributed by atoms with E-state index >= 15 is 0 Å². The molecule has 6 rings (SSSR count). The Balaban J connectivity index is 1.09. The predicted octanol–water partition coefficient (Wildman–Crippen LogP) is 7.44. The fourth-order valence-corrected chi connectivity index (χ4v) is 6.80. The lowest BCUT2D eigenvalue weighted by Crippen LogP contribution is -2.46. The first-order valence-electron chi connectivity index (χ1n) is 16.3. The van der Waals surface area contributed by atoms with E-state index in [2.05, 4.69) is 115 Å². The maximum Gasteiger partial charge on any atom is 0.407 e. The number of hydrogen-bond acceptors (Lipinski definition) is 4. The third-order valence-electron chi connectivity index (χ3n) is 9.19. The largest absolute Gasteiger partial charge is 0.449 e. The summed E-state index contributed by atoms with van der Waals surface area (Å²) in [6, 6.07) is 45.1. The van der Waals surface area contributed by atoms with Gasteiger partial charge in [0, 0.05) is 5.92 Å². The number of amides is 2. The molecule has 6 nitrogen and oxygen atoms in total. The molecule has 0 spiro atoms. The van der Waals surface area contributed by atoms with Crippen molar-refractivity contribution in [2.75, 3.05) is 13.2 Å². The number of primary amides is 1. The van der Waals surface area contributed by atoms with Gasteiger partial charge in [0.25, 0.3) is 0 Å². The van der Waals surface area contributed by atoms with E-state index in [1.807, 2.05) is 36.4 Å². The van der Waals surface area contributed by atoms with Gasteiger partial charge in [-0.1, -0.05) is 139 Å². The Kier molecular flexibility index (Phi) is 9.79. The number of unbranched alkanes of at least 4 members (excludes halogenated alkanes) is 1. The van der Waals surface area contributed by atoms with Crippen molar-refractivity contribution in [3.05, 3.63) is 167 Å².